The maximum absolute atomic E-state index is 13.5. The molecule has 0 aliphatic carbocycles. The summed E-state index contributed by atoms with van der Waals surface area (Å²) in [5.41, 5.74) is 1.61. The molecule has 0 radical (unpaired) electrons. The van der Waals surface area contributed by atoms with Gasteiger partial charge in [-0.25, -0.2) is 4.79 Å². The molecule has 198 valence electrons. The molecule has 3 aromatic rings. The molecule has 0 atom stereocenters. The second kappa shape index (κ2) is 14.3. The number of furan rings is 1. The Kier molecular flexibility index (Phi) is 10.8. The number of nitrogens with one attached hydrogen (secondary N) is 1. The monoisotopic (exact) mass is 573 g/mol. The van der Waals surface area contributed by atoms with E-state index in [1.54, 1.807) is 50.7 Å². The number of ether oxygens (including phenoxy) is 3. The first-order valence-electron chi connectivity index (χ1n) is 11.7. The van der Waals surface area contributed by atoms with Crippen molar-refractivity contribution in [2.45, 2.75) is 13.0 Å². The maximum Gasteiger partial charge on any atom is 0.322 e. The molecule has 2 aromatic carbocycles. The van der Waals surface area contributed by atoms with Gasteiger partial charge in [0.25, 0.3) is 0 Å². The van der Waals surface area contributed by atoms with Crippen molar-refractivity contribution in [2.24, 2.45) is 0 Å². The minimum atomic E-state index is -0.388. The Balaban J connectivity index is 1.73. The minimum Gasteiger partial charge on any atom is -0.493 e. The zero-order valence-corrected chi connectivity index (χ0v) is 22.8. The summed E-state index contributed by atoms with van der Waals surface area (Å²) in [5, 5.41) is 2.85. The second-order valence-corrected chi connectivity index (χ2v) is 9.10. The lowest BCUT2D eigenvalue weighted by Crippen LogP contribution is -2.46. The van der Waals surface area contributed by atoms with Crippen molar-refractivity contribution in [1.29, 1.82) is 0 Å². The highest BCUT2D eigenvalue weighted by molar-refractivity contribution is 9.10. The van der Waals surface area contributed by atoms with Crippen molar-refractivity contribution in [3.05, 3.63) is 76.7 Å². The van der Waals surface area contributed by atoms with Crippen molar-refractivity contribution >= 4 is 33.6 Å². The molecule has 1 aromatic heterocycles. The summed E-state index contributed by atoms with van der Waals surface area (Å²) in [6, 6.07) is 16.1. The largest absolute Gasteiger partial charge is 0.493 e. The van der Waals surface area contributed by atoms with Crippen LogP contribution in [0.4, 0.5) is 10.5 Å². The van der Waals surface area contributed by atoms with Crippen molar-refractivity contribution < 1.29 is 28.2 Å². The van der Waals surface area contributed by atoms with Crippen LogP contribution in [-0.4, -0.2) is 69.3 Å². The lowest BCUT2D eigenvalue weighted by atomic mass is 10.1. The number of hydrogen-bond acceptors (Lipinski definition) is 6. The van der Waals surface area contributed by atoms with Crippen LogP contribution in [0.1, 0.15) is 11.3 Å². The van der Waals surface area contributed by atoms with Crippen LogP contribution >= 0.6 is 15.9 Å². The van der Waals surface area contributed by atoms with E-state index < -0.39 is 0 Å². The van der Waals surface area contributed by atoms with Gasteiger partial charge in [-0.3, -0.25) is 4.79 Å². The molecule has 0 saturated heterocycles. The Labute approximate surface area is 225 Å². The molecule has 0 aliphatic rings. The van der Waals surface area contributed by atoms with Gasteiger partial charge in [0.1, 0.15) is 12.3 Å². The second-order valence-electron chi connectivity index (χ2n) is 8.19. The molecule has 0 spiro atoms. The van der Waals surface area contributed by atoms with Gasteiger partial charge in [0, 0.05) is 30.4 Å². The first-order valence-corrected chi connectivity index (χ1v) is 12.5. The van der Waals surface area contributed by atoms with Crippen LogP contribution in [0.15, 0.2) is 69.8 Å². The van der Waals surface area contributed by atoms with Gasteiger partial charge in [0.05, 0.1) is 33.6 Å². The molecule has 0 saturated carbocycles. The highest BCUT2D eigenvalue weighted by Gasteiger charge is 2.22. The molecule has 9 nitrogen and oxygen atoms in total. The zero-order chi connectivity index (χ0) is 26.6. The molecule has 1 heterocycles. The number of carbonyl (C=O) groups excluding carboxylic acids is 2. The van der Waals surface area contributed by atoms with E-state index in [0.717, 1.165) is 10.0 Å². The number of nitrogens with zero attached hydrogens (tertiary/aromatic N) is 2. The fourth-order valence-corrected chi connectivity index (χ4v) is 4.07. The summed E-state index contributed by atoms with van der Waals surface area (Å²) < 4.78 is 22.2. The van der Waals surface area contributed by atoms with E-state index in [9.17, 15) is 9.59 Å². The summed E-state index contributed by atoms with van der Waals surface area (Å²) in [6.07, 6.45) is 2.15. The predicted molar refractivity (Wildman–Crippen MR) is 144 cm³/mol. The van der Waals surface area contributed by atoms with E-state index in [4.69, 9.17) is 18.6 Å². The number of methoxy groups -OCH3 is 3. The number of halogens is 1. The Bertz CT molecular complexity index is 1150. The zero-order valence-electron chi connectivity index (χ0n) is 21.2. The number of carbonyl (C=O) groups is 2. The fourth-order valence-electron chi connectivity index (χ4n) is 3.67. The van der Waals surface area contributed by atoms with Crippen LogP contribution in [0.2, 0.25) is 0 Å². The van der Waals surface area contributed by atoms with E-state index >= 15 is 0 Å². The fraction of sp³-hybridized carbons (Fsp3) is 0.333. The predicted octanol–water partition coefficient (Wildman–Crippen LogP) is 4.81. The normalized spacial score (nSPS) is 10.6. The summed E-state index contributed by atoms with van der Waals surface area (Å²) in [5.74, 6) is 1.71. The van der Waals surface area contributed by atoms with E-state index in [0.29, 0.717) is 42.5 Å². The highest BCUT2D eigenvalue weighted by Crippen LogP contribution is 2.28. The van der Waals surface area contributed by atoms with Crippen molar-refractivity contribution in [3.8, 4) is 11.5 Å². The smallest absolute Gasteiger partial charge is 0.322 e. The quantitative estimate of drug-likeness (QED) is 0.315. The van der Waals surface area contributed by atoms with Crippen LogP contribution in [0.25, 0.3) is 0 Å². The van der Waals surface area contributed by atoms with Crippen molar-refractivity contribution in [3.63, 3.8) is 0 Å². The molecular formula is C27H32BrN3O6. The van der Waals surface area contributed by atoms with Gasteiger partial charge >= 0.3 is 6.03 Å². The van der Waals surface area contributed by atoms with E-state index in [1.165, 1.54) is 4.90 Å². The van der Waals surface area contributed by atoms with Crippen LogP contribution < -0.4 is 14.8 Å². The van der Waals surface area contributed by atoms with Crippen LogP contribution in [-0.2, 0) is 22.5 Å². The molecule has 3 amide bonds. The van der Waals surface area contributed by atoms with Gasteiger partial charge in [0.15, 0.2) is 11.5 Å². The molecule has 37 heavy (non-hydrogen) atoms. The van der Waals surface area contributed by atoms with Gasteiger partial charge in [-0.05, 0) is 54.4 Å². The minimum absolute atomic E-state index is 0.115. The van der Waals surface area contributed by atoms with Crippen LogP contribution in [0.5, 0.6) is 11.5 Å². The van der Waals surface area contributed by atoms with E-state index in [1.807, 2.05) is 36.4 Å². The van der Waals surface area contributed by atoms with Gasteiger partial charge in [0.2, 0.25) is 5.91 Å². The third-order valence-electron chi connectivity index (χ3n) is 5.65. The number of amides is 3. The Morgan fingerprint density at radius 1 is 0.946 bits per heavy atom. The molecular weight excluding hydrogens is 542 g/mol. The molecule has 0 bridgehead atoms. The molecule has 0 aliphatic heterocycles. The van der Waals surface area contributed by atoms with E-state index in [2.05, 4.69) is 21.2 Å². The summed E-state index contributed by atoms with van der Waals surface area (Å²) in [6.45, 7) is 1.13. The lowest BCUT2D eigenvalue weighted by molar-refractivity contribution is -0.132. The number of rotatable bonds is 13. The SMILES string of the molecule is COCCN(CC(=O)N(CCc1ccc(OC)c(OC)c1)Cc1ccco1)C(=O)Nc1cccc(Br)c1. The van der Waals surface area contributed by atoms with Gasteiger partial charge < -0.3 is 33.7 Å². The van der Waals surface area contributed by atoms with Crippen LogP contribution in [0.3, 0.4) is 0 Å². The van der Waals surface area contributed by atoms with Gasteiger partial charge in [-0.2, -0.15) is 0 Å². The first kappa shape index (κ1) is 28.1. The van der Waals surface area contributed by atoms with Crippen molar-refractivity contribution in [1.82, 2.24) is 9.80 Å². The molecule has 10 heteroatoms. The lowest BCUT2D eigenvalue weighted by Gasteiger charge is -2.27. The topological polar surface area (TPSA) is 93.5 Å². The number of urea groups is 1. The maximum atomic E-state index is 13.5. The Morgan fingerprint density at radius 2 is 1.76 bits per heavy atom. The first-order chi connectivity index (χ1) is 17.9. The number of anilines is 1. The van der Waals surface area contributed by atoms with Crippen LogP contribution in [0, 0.1) is 0 Å². The number of benzene rings is 2. The van der Waals surface area contributed by atoms with Crippen molar-refractivity contribution in [2.75, 3.05) is 52.9 Å². The molecule has 0 fully saturated rings. The van der Waals surface area contributed by atoms with E-state index in [-0.39, 0.29) is 31.6 Å². The third-order valence-corrected chi connectivity index (χ3v) is 6.15. The van der Waals surface area contributed by atoms with Gasteiger partial charge in [-0.1, -0.05) is 28.1 Å². The molecule has 3 rings (SSSR count). The average Bonchev–Trinajstić information content (AvgIpc) is 3.41. The Morgan fingerprint density at radius 3 is 2.43 bits per heavy atom. The standard InChI is InChI=1S/C27H32BrN3O6/c1-34-15-13-31(27(33)29-22-7-4-6-21(28)17-22)19-26(32)30(18-23-8-5-14-37-23)12-11-20-9-10-24(35-2)25(16-20)36-3/h4-10,14,16-17H,11-13,15,18-19H2,1-3H3,(H,29,33). The number of hydrogen-bond donors (Lipinski definition) is 1. The summed E-state index contributed by atoms with van der Waals surface area (Å²) in [7, 11) is 4.73. The van der Waals surface area contributed by atoms with Gasteiger partial charge in [-0.15, -0.1) is 0 Å². The Hall–Kier alpha value is -3.50. The molecule has 1 N–H and O–H groups in total. The summed E-state index contributed by atoms with van der Waals surface area (Å²) in [4.78, 5) is 29.6. The molecule has 0 unspecified atom stereocenters. The third kappa shape index (κ3) is 8.54. The summed E-state index contributed by atoms with van der Waals surface area (Å²) >= 11 is 3.40. The average molecular weight is 574 g/mol. The highest BCUT2D eigenvalue weighted by atomic mass is 79.9.